The number of rotatable bonds is 5. The van der Waals surface area contributed by atoms with Crippen molar-refractivity contribution in [3.63, 3.8) is 0 Å². The zero-order chi connectivity index (χ0) is 10.7. The van der Waals surface area contributed by atoms with Gasteiger partial charge in [-0.05, 0) is 32.4 Å². The van der Waals surface area contributed by atoms with Gasteiger partial charge in [0.15, 0.2) is 0 Å². The highest BCUT2D eigenvalue weighted by atomic mass is 15.3. The first-order valence-corrected chi connectivity index (χ1v) is 6.44. The quantitative estimate of drug-likeness (QED) is 0.719. The molecule has 3 nitrogen and oxygen atoms in total. The van der Waals surface area contributed by atoms with Gasteiger partial charge in [-0.2, -0.15) is 0 Å². The average molecular weight is 211 g/mol. The lowest BCUT2D eigenvalue weighted by Gasteiger charge is -2.35. The molecule has 1 N–H and O–H groups in total. The molecule has 15 heavy (non-hydrogen) atoms. The Morgan fingerprint density at radius 3 is 2.40 bits per heavy atom. The number of likely N-dealkylation sites (N-methyl/N-ethyl adjacent to an activating group) is 2. The molecule has 0 amide bonds. The summed E-state index contributed by atoms with van der Waals surface area (Å²) in [6.45, 7) is 9.60. The van der Waals surface area contributed by atoms with Gasteiger partial charge in [-0.25, -0.2) is 0 Å². The first-order valence-electron chi connectivity index (χ1n) is 6.44. The lowest BCUT2D eigenvalue weighted by atomic mass is 10.1. The van der Waals surface area contributed by atoms with E-state index in [1.54, 1.807) is 0 Å². The van der Waals surface area contributed by atoms with Crippen LogP contribution >= 0.6 is 0 Å². The second-order valence-electron chi connectivity index (χ2n) is 5.11. The second-order valence-corrected chi connectivity index (χ2v) is 5.11. The molecule has 2 aliphatic rings. The van der Waals surface area contributed by atoms with Crippen molar-refractivity contribution in [3.8, 4) is 0 Å². The molecule has 1 aliphatic heterocycles. The van der Waals surface area contributed by atoms with E-state index in [2.05, 4.69) is 29.1 Å². The maximum atomic E-state index is 3.65. The Kier molecular flexibility index (Phi) is 4.00. The summed E-state index contributed by atoms with van der Waals surface area (Å²) in [5, 5.41) is 3.65. The lowest BCUT2D eigenvalue weighted by Crippen LogP contribution is -2.50. The van der Waals surface area contributed by atoms with Gasteiger partial charge in [-0.1, -0.05) is 6.92 Å². The fourth-order valence-electron chi connectivity index (χ4n) is 2.45. The van der Waals surface area contributed by atoms with E-state index < -0.39 is 0 Å². The van der Waals surface area contributed by atoms with Gasteiger partial charge in [-0.3, -0.25) is 4.90 Å². The van der Waals surface area contributed by atoms with Crippen LogP contribution in [0.5, 0.6) is 0 Å². The number of hydrogen-bond donors (Lipinski definition) is 1. The molecule has 1 unspecified atom stereocenters. The molecule has 0 aromatic rings. The third-order valence-electron chi connectivity index (χ3n) is 3.71. The van der Waals surface area contributed by atoms with Gasteiger partial charge < -0.3 is 10.2 Å². The molecule has 2 rings (SSSR count). The van der Waals surface area contributed by atoms with Gasteiger partial charge in [0.2, 0.25) is 0 Å². The highest BCUT2D eigenvalue weighted by Gasteiger charge is 2.32. The van der Waals surface area contributed by atoms with Crippen LogP contribution in [0.15, 0.2) is 0 Å². The number of nitrogens with one attached hydrogen (secondary N) is 1. The Hall–Kier alpha value is -0.120. The fraction of sp³-hybridized carbons (Fsp3) is 1.00. The molecule has 1 atom stereocenters. The minimum Gasteiger partial charge on any atom is -0.313 e. The van der Waals surface area contributed by atoms with E-state index >= 15 is 0 Å². The minimum absolute atomic E-state index is 0.762. The molecule has 0 radical (unpaired) electrons. The molecule has 3 heteroatoms. The monoisotopic (exact) mass is 211 g/mol. The number of piperazine rings is 1. The van der Waals surface area contributed by atoms with Gasteiger partial charge >= 0.3 is 0 Å². The van der Waals surface area contributed by atoms with E-state index in [4.69, 9.17) is 0 Å². The van der Waals surface area contributed by atoms with Crippen LogP contribution < -0.4 is 5.32 Å². The van der Waals surface area contributed by atoms with Crippen molar-refractivity contribution in [1.82, 2.24) is 15.1 Å². The van der Waals surface area contributed by atoms with Crippen LogP contribution in [0.4, 0.5) is 0 Å². The molecule has 0 aromatic heterocycles. The number of nitrogens with zero attached hydrogens (tertiary/aromatic N) is 2. The largest absolute Gasteiger partial charge is 0.313 e. The standard InChI is InChI=1S/C12H25N3/c1-3-13-12(11-4-5-11)10-15-8-6-14(2)7-9-15/h11-13H,3-10H2,1-2H3. The highest BCUT2D eigenvalue weighted by Crippen LogP contribution is 2.33. The van der Waals surface area contributed by atoms with Crippen LogP contribution in [0.3, 0.4) is 0 Å². The summed E-state index contributed by atoms with van der Waals surface area (Å²) >= 11 is 0. The molecule has 1 saturated heterocycles. The van der Waals surface area contributed by atoms with E-state index in [0.717, 1.165) is 18.5 Å². The Balaban J connectivity index is 1.73. The first kappa shape index (κ1) is 11.4. The van der Waals surface area contributed by atoms with Crippen molar-refractivity contribution in [2.24, 2.45) is 5.92 Å². The molecule has 1 saturated carbocycles. The van der Waals surface area contributed by atoms with E-state index in [-0.39, 0.29) is 0 Å². The summed E-state index contributed by atoms with van der Waals surface area (Å²) in [5.74, 6) is 0.976. The highest BCUT2D eigenvalue weighted by molar-refractivity contribution is 4.89. The van der Waals surface area contributed by atoms with Gasteiger partial charge in [0.1, 0.15) is 0 Å². The topological polar surface area (TPSA) is 18.5 Å². The molecular formula is C12H25N3. The second kappa shape index (κ2) is 5.28. The summed E-state index contributed by atoms with van der Waals surface area (Å²) in [4.78, 5) is 5.06. The Morgan fingerprint density at radius 2 is 1.87 bits per heavy atom. The van der Waals surface area contributed by atoms with Crippen molar-refractivity contribution in [1.29, 1.82) is 0 Å². The normalized spacial score (nSPS) is 26.8. The summed E-state index contributed by atoms with van der Waals surface area (Å²) < 4.78 is 0. The van der Waals surface area contributed by atoms with Crippen LogP contribution in [0.25, 0.3) is 0 Å². The summed E-state index contributed by atoms with van der Waals surface area (Å²) in [7, 11) is 2.22. The van der Waals surface area contributed by atoms with Crippen LogP contribution in [0.1, 0.15) is 19.8 Å². The van der Waals surface area contributed by atoms with Crippen molar-refractivity contribution in [2.75, 3.05) is 46.3 Å². The molecular weight excluding hydrogens is 186 g/mol. The molecule has 1 aliphatic carbocycles. The summed E-state index contributed by atoms with van der Waals surface area (Å²) in [5.41, 5.74) is 0. The van der Waals surface area contributed by atoms with Crippen LogP contribution in [-0.4, -0.2) is 62.2 Å². The predicted molar refractivity (Wildman–Crippen MR) is 64.1 cm³/mol. The SMILES string of the molecule is CCNC(CN1CCN(C)CC1)C1CC1. The van der Waals surface area contributed by atoms with E-state index in [1.165, 1.54) is 45.6 Å². The number of hydrogen-bond acceptors (Lipinski definition) is 3. The zero-order valence-electron chi connectivity index (χ0n) is 10.2. The molecule has 1 heterocycles. The van der Waals surface area contributed by atoms with E-state index in [9.17, 15) is 0 Å². The summed E-state index contributed by atoms with van der Waals surface area (Å²) in [6, 6.07) is 0.762. The minimum atomic E-state index is 0.762. The van der Waals surface area contributed by atoms with Crippen LogP contribution in [0.2, 0.25) is 0 Å². The third kappa shape index (κ3) is 3.44. The van der Waals surface area contributed by atoms with Crippen molar-refractivity contribution >= 4 is 0 Å². The van der Waals surface area contributed by atoms with Gasteiger partial charge in [-0.15, -0.1) is 0 Å². The molecule has 0 bridgehead atoms. The van der Waals surface area contributed by atoms with Gasteiger partial charge in [0, 0.05) is 38.8 Å². The predicted octanol–water partition coefficient (Wildman–Crippen LogP) is 0.622. The van der Waals surface area contributed by atoms with Crippen molar-refractivity contribution in [2.45, 2.75) is 25.8 Å². The first-order chi connectivity index (χ1) is 7.29. The maximum absolute atomic E-state index is 3.65. The maximum Gasteiger partial charge on any atom is 0.0223 e. The van der Waals surface area contributed by atoms with Crippen molar-refractivity contribution in [3.05, 3.63) is 0 Å². The van der Waals surface area contributed by atoms with Crippen molar-refractivity contribution < 1.29 is 0 Å². The molecule has 2 fully saturated rings. The Labute approximate surface area is 93.8 Å². The van der Waals surface area contributed by atoms with Crippen LogP contribution in [0, 0.1) is 5.92 Å². The Bertz CT molecular complexity index is 183. The lowest BCUT2D eigenvalue weighted by molar-refractivity contribution is 0.138. The zero-order valence-corrected chi connectivity index (χ0v) is 10.2. The third-order valence-corrected chi connectivity index (χ3v) is 3.71. The molecule has 0 aromatic carbocycles. The van der Waals surface area contributed by atoms with Crippen LogP contribution in [-0.2, 0) is 0 Å². The Morgan fingerprint density at radius 1 is 1.20 bits per heavy atom. The smallest absolute Gasteiger partial charge is 0.0223 e. The molecule has 88 valence electrons. The summed E-state index contributed by atoms with van der Waals surface area (Å²) in [6.07, 6.45) is 2.90. The molecule has 0 spiro atoms. The average Bonchev–Trinajstić information content (AvgIpc) is 3.04. The fourth-order valence-corrected chi connectivity index (χ4v) is 2.45. The van der Waals surface area contributed by atoms with E-state index in [1.807, 2.05) is 0 Å². The van der Waals surface area contributed by atoms with Gasteiger partial charge in [0.25, 0.3) is 0 Å². The van der Waals surface area contributed by atoms with E-state index in [0.29, 0.717) is 0 Å². The van der Waals surface area contributed by atoms with Gasteiger partial charge in [0.05, 0.1) is 0 Å².